The maximum atomic E-state index is 14.5. The van der Waals surface area contributed by atoms with Crippen LogP contribution in [0.1, 0.15) is 16.1 Å². The average Bonchev–Trinajstić information content (AvgIpc) is 3.11. The Bertz CT molecular complexity index is 1110. The minimum atomic E-state index is -0.647. The van der Waals surface area contributed by atoms with Crippen molar-refractivity contribution in [1.29, 1.82) is 0 Å². The van der Waals surface area contributed by atoms with Gasteiger partial charge in [0.15, 0.2) is 0 Å². The van der Waals surface area contributed by atoms with Gasteiger partial charge in [-0.15, -0.1) is 5.10 Å². The van der Waals surface area contributed by atoms with E-state index in [2.05, 4.69) is 25.5 Å². The topological polar surface area (TPSA) is 108 Å². The van der Waals surface area contributed by atoms with E-state index in [0.29, 0.717) is 24.1 Å². The van der Waals surface area contributed by atoms with E-state index in [1.807, 2.05) is 0 Å². The first-order valence-corrected chi connectivity index (χ1v) is 9.90. The van der Waals surface area contributed by atoms with Gasteiger partial charge in [0.05, 0.1) is 37.8 Å². The summed E-state index contributed by atoms with van der Waals surface area (Å²) in [6, 6.07) is 1.43. The second kappa shape index (κ2) is 8.46. The van der Waals surface area contributed by atoms with Crippen molar-refractivity contribution < 1.29 is 23.4 Å². The lowest BCUT2D eigenvalue weighted by Gasteiger charge is -2.24. The fraction of sp³-hybridized carbons (Fsp3) is 0.278. The molecule has 0 radical (unpaired) electrons. The summed E-state index contributed by atoms with van der Waals surface area (Å²) in [6.45, 7) is 2.60. The molecule has 0 spiro atoms. The Morgan fingerprint density at radius 3 is 2.87 bits per heavy atom. The van der Waals surface area contributed by atoms with Gasteiger partial charge < -0.3 is 14.2 Å². The number of aromatic nitrogens is 4. The van der Waals surface area contributed by atoms with Gasteiger partial charge in [0.25, 0.3) is 11.1 Å². The molecule has 3 aromatic heterocycles. The van der Waals surface area contributed by atoms with Crippen molar-refractivity contribution >= 4 is 34.0 Å². The number of nitrogens with one attached hydrogen (secondary N) is 1. The molecule has 0 aromatic carbocycles. The quantitative estimate of drug-likeness (QED) is 0.569. The number of methoxy groups -OCH3 is 1. The van der Waals surface area contributed by atoms with Gasteiger partial charge in [-0.05, 0) is 24.3 Å². The Morgan fingerprint density at radius 2 is 2.20 bits per heavy atom. The van der Waals surface area contributed by atoms with Crippen LogP contribution in [0.15, 0.2) is 18.5 Å². The number of anilines is 1. The Kier molecular flexibility index (Phi) is 5.75. The number of ether oxygens (including phenoxy) is 3. The second-order valence-corrected chi connectivity index (χ2v) is 7.53. The van der Waals surface area contributed by atoms with Gasteiger partial charge in [-0.25, -0.2) is 9.37 Å². The van der Waals surface area contributed by atoms with Crippen molar-refractivity contribution in [3.05, 3.63) is 40.7 Å². The predicted molar refractivity (Wildman–Crippen MR) is 107 cm³/mol. The normalized spacial score (nSPS) is 13.6. The molecule has 9 nitrogen and oxygen atoms in total. The summed E-state index contributed by atoms with van der Waals surface area (Å²) >= 11 is 7.34. The fourth-order valence-corrected chi connectivity index (χ4v) is 3.80. The van der Waals surface area contributed by atoms with Gasteiger partial charge >= 0.3 is 0 Å². The third kappa shape index (κ3) is 3.91. The third-order valence-electron chi connectivity index (χ3n) is 4.25. The smallest absolute Gasteiger partial charge is 0.296 e. The standard InChI is InChI=1S/C18H15ClFN5O4S/c1-8-14(27-2)12(10-3-4-21-5-11(10)20)13(15(19)22-8)16(26)23-17-24-25-18(30-17)29-9-6-28-7-9/h3-5,9H,6-7H2,1-2H3,(H,23,24,26). The van der Waals surface area contributed by atoms with Crippen LogP contribution >= 0.6 is 22.9 Å². The Labute approximate surface area is 179 Å². The molecule has 0 aliphatic carbocycles. The number of halogens is 2. The van der Waals surface area contributed by atoms with Crippen LogP contribution in [0.25, 0.3) is 11.1 Å². The zero-order valence-corrected chi connectivity index (χ0v) is 17.4. The van der Waals surface area contributed by atoms with Crippen molar-refractivity contribution in [1.82, 2.24) is 20.2 Å². The highest BCUT2D eigenvalue weighted by molar-refractivity contribution is 7.17. The van der Waals surface area contributed by atoms with Crippen molar-refractivity contribution in [2.24, 2.45) is 0 Å². The van der Waals surface area contributed by atoms with Crippen LogP contribution in [0.4, 0.5) is 9.52 Å². The number of hydrogen-bond donors (Lipinski definition) is 1. The summed E-state index contributed by atoms with van der Waals surface area (Å²) in [5.74, 6) is -1.06. The summed E-state index contributed by atoms with van der Waals surface area (Å²) in [7, 11) is 1.40. The second-order valence-electron chi connectivity index (χ2n) is 6.23. The highest BCUT2D eigenvalue weighted by Crippen LogP contribution is 2.40. The monoisotopic (exact) mass is 451 g/mol. The van der Waals surface area contributed by atoms with Crippen LogP contribution in [0.3, 0.4) is 0 Å². The fourth-order valence-electron chi connectivity index (χ4n) is 2.84. The Balaban J connectivity index is 1.71. The maximum Gasteiger partial charge on any atom is 0.296 e. The van der Waals surface area contributed by atoms with Crippen LogP contribution in [0.2, 0.25) is 5.15 Å². The van der Waals surface area contributed by atoms with E-state index in [-0.39, 0.29) is 38.8 Å². The molecule has 30 heavy (non-hydrogen) atoms. The van der Waals surface area contributed by atoms with E-state index in [4.69, 9.17) is 25.8 Å². The first-order valence-electron chi connectivity index (χ1n) is 8.71. The molecule has 1 saturated heterocycles. The molecule has 1 aliphatic rings. The summed E-state index contributed by atoms with van der Waals surface area (Å²) < 4.78 is 30.5. The molecule has 12 heteroatoms. The van der Waals surface area contributed by atoms with Gasteiger partial charge in [0, 0.05) is 17.3 Å². The lowest BCUT2D eigenvalue weighted by atomic mass is 9.99. The van der Waals surface area contributed by atoms with Crippen molar-refractivity contribution in [2.75, 3.05) is 25.6 Å². The highest BCUT2D eigenvalue weighted by atomic mass is 35.5. The molecule has 0 bridgehead atoms. The van der Waals surface area contributed by atoms with E-state index in [9.17, 15) is 9.18 Å². The number of pyridine rings is 2. The zero-order valence-electron chi connectivity index (χ0n) is 15.8. The molecule has 156 valence electrons. The van der Waals surface area contributed by atoms with E-state index in [0.717, 1.165) is 17.5 Å². The van der Waals surface area contributed by atoms with Crippen molar-refractivity contribution in [3.63, 3.8) is 0 Å². The SMILES string of the molecule is COc1c(C)nc(Cl)c(C(=O)Nc2nnc(OC3COC3)s2)c1-c1ccncc1F. The lowest BCUT2D eigenvalue weighted by Crippen LogP contribution is -2.38. The summed E-state index contributed by atoms with van der Waals surface area (Å²) in [5, 5.41) is 10.8. The third-order valence-corrected chi connectivity index (χ3v) is 5.26. The van der Waals surface area contributed by atoms with Crippen LogP contribution in [0, 0.1) is 12.7 Å². The van der Waals surface area contributed by atoms with Gasteiger partial charge in [-0.3, -0.25) is 15.1 Å². The molecule has 0 saturated carbocycles. The summed E-state index contributed by atoms with van der Waals surface area (Å²) in [4.78, 5) is 21.0. The minimum Gasteiger partial charge on any atom is -0.494 e. The van der Waals surface area contributed by atoms with Gasteiger partial charge in [0.2, 0.25) is 5.13 Å². The van der Waals surface area contributed by atoms with Crippen molar-refractivity contribution in [3.8, 4) is 22.1 Å². The molecular formula is C18H15ClFN5O4S. The molecular weight excluding hydrogens is 437 g/mol. The van der Waals surface area contributed by atoms with E-state index in [1.165, 1.54) is 19.4 Å². The molecule has 1 fully saturated rings. The van der Waals surface area contributed by atoms with Crippen molar-refractivity contribution in [2.45, 2.75) is 13.0 Å². The first-order chi connectivity index (χ1) is 14.5. The number of aryl methyl sites for hydroxylation is 1. The number of nitrogens with zero attached hydrogens (tertiary/aromatic N) is 4. The van der Waals surface area contributed by atoms with Crippen LogP contribution in [-0.2, 0) is 4.74 Å². The molecule has 4 heterocycles. The molecule has 0 atom stereocenters. The highest BCUT2D eigenvalue weighted by Gasteiger charge is 2.27. The number of carbonyl (C=O) groups is 1. The van der Waals surface area contributed by atoms with E-state index >= 15 is 0 Å². The van der Waals surface area contributed by atoms with E-state index < -0.39 is 11.7 Å². The number of amides is 1. The summed E-state index contributed by atoms with van der Waals surface area (Å²) in [6.07, 6.45) is 2.36. The van der Waals surface area contributed by atoms with Gasteiger partial charge in [-0.2, -0.15) is 0 Å². The van der Waals surface area contributed by atoms with Crippen LogP contribution in [-0.4, -0.2) is 52.5 Å². The number of rotatable bonds is 6. The number of carbonyl (C=O) groups excluding carboxylic acids is 1. The van der Waals surface area contributed by atoms with Crippen LogP contribution < -0.4 is 14.8 Å². The lowest BCUT2D eigenvalue weighted by molar-refractivity contribution is -0.0799. The maximum absolute atomic E-state index is 14.5. The van der Waals surface area contributed by atoms with E-state index in [1.54, 1.807) is 6.92 Å². The first kappa shape index (κ1) is 20.4. The molecule has 1 N–H and O–H groups in total. The predicted octanol–water partition coefficient (Wildman–Crippen LogP) is 3.13. The molecule has 0 unspecified atom stereocenters. The number of hydrogen-bond acceptors (Lipinski definition) is 9. The molecule has 3 aromatic rings. The average molecular weight is 452 g/mol. The van der Waals surface area contributed by atoms with Crippen LogP contribution in [0.5, 0.6) is 10.9 Å². The molecule has 1 amide bonds. The summed E-state index contributed by atoms with van der Waals surface area (Å²) in [5.41, 5.74) is 0.611. The minimum absolute atomic E-state index is 0.0609. The molecule has 1 aliphatic heterocycles. The van der Waals surface area contributed by atoms with Gasteiger partial charge in [-0.1, -0.05) is 16.7 Å². The molecule has 4 rings (SSSR count). The zero-order chi connectivity index (χ0) is 21.3. The largest absolute Gasteiger partial charge is 0.494 e. The Morgan fingerprint density at radius 1 is 1.40 bits per heavy atom. The van der Waals surface area contributed by atoms with Gasteiger partial charge in [0.1, 0.15) is 22.8 Å². The Hall–Kier alpha value is -2.89.